The SMILES string of the molecule is CCS(=O)(=O)c1ccc(-n2ncn(-c3ccc(Cl)c(C#N)c3)c2=O)nc1-c1nc2cc(S(=O)(=O)C(F)(F)F)ccc2o1. The standard InChI is InChI=1S/C24H14ClF3N6O6S2/c1-2-41(36,37)19-7-8-20(34-23(35)33(12-30-34)14-3-5-16(25)13(9-14)11-29)32-21(19)22-31-17-10-15(4-6-18(17)40-22)42(38,39)24(26,27)28/h3-10,12H,2H2,1H3. The Morgan fingerprint density at radius 3 is 2.45 bits per heavy atom. The molecule has 0 fully saturated rings. The third kappa shape index (κ3) is 4.82. The molecule has 0 bridgehead atoms. The summed E-state index contributed by atoms with van der Waals surface area (Å²) in [5.41, 5.74) is -6.84. The molecule has 0 aliphatic heterocycles. The second-order valence-electron chi connectivity index (χ2n) is 8.49. The summed E-state index contributed by atoms with van der Waals surface area (Å²) in [6.07, 6.45) is 1.13. The van der Waals surface area contributed by atoms with Crippen LogP contribution in [0.15, 0.2) is 73.9 Å². The maximum atomic E-state index is 13.2. The van der Waals surface area contributed by atoms with Gasteiger partial charge in [-0.25, -0.2) is 36.2 Å². The lowest BCUT2D eigenvalue weighted by molar-refractivity contribution is -0.0436. The summed E-state index contributed by atoms with van der Waals surface area (Å²) in [5, 5.41) is 13.4. The fraction of sp³-hybridized carbons (Fsp3) is 0.125. The van der Waals surface area contributed by atoms with Crippen LogP contribution in [-0.4, -0.2) is 52.4 Å². The highest BCUT2D eigenvalue weighted by Crippen LogP contribution is 2.34. The highest BCUT2D eigenvalue weighted by Gasteiger charge is 2.47. The number of hydrogen-bond donors (Lipinski definition) is 0. The first-order chi connectivity index (χ1) is 19.7. The van der Waals surface area contributed by atoms with Gasteiger partial charge in [-0.3, -0.25) is 0 Å². The lowest BCUT2D eigenvalue weighted by atomic mass is 10.2. The van der Waals surface area contributed by atoms with E-state index in [1.807, 2.05) is 6.07 Å². The highest BCUT2D eigenvalue weighted by atomic mass is 35.5. The van der Waals surface area contributed by atoms with Crippen molar-refractivity contribution in [1.29, 1.82) is 5.26 Å². The lowest BCUT2D eigenvalue weighted by Gasteiger charge is -2.08. The van der Waals surface area contributed by atoms with Gasteiger partial charge >= 0.3 is 11.2 Å². The highest BCUT2D eigenvalue weighted by molar-refractivity contribution is 7.92. The number of nitriles is 1. The largest absolute Gasteiger partial charge is 0.501 e. The van der Waals surface area contributed by atoms with Crippen molar-refractivity contribution in [1.82, 2.24) is 24.3 Å². The first-order valence-corrected chi connectivity index (χ1v) is 15.0. The summed E-state index contributed by atoms with van der Waals surface area (Å²) < 4.78 is 96.0. The molecule has 216 valence electrons. The van der Waals surface area contributed by atoms with Crippen molar-refractivity contribution in [3.05, 3.63) is 75.9 Å². The predicted molar refractivity (Wildman–Crippen MR) is 141 cm³/mol. The van der Waals surface area contributed by atoms with E-state index in [0.29, 0.717) is 12.1 Å². The number of aromatic nitrogens is 5. The molecule has 5 aromatic rings. The Bertz CT molecular complexity index is 2220. The van der Waals surface area contributed by atoms with Gasteiger partial charge in [-0.1, -0.05) is 18.5 Å². The van der Waals surface area contributed by atoms with E-state index in [2.05, 4.69) is 15.1 Å². The number of alkyl halides is 3. The summed E-state index contributed by atoms with van der Waals surface area (Å²) in [7, 11) is -9.69. The number of hydrogen-bond acceptors (Lipinski definition) is 10. The number of fused-ring (bicyclic) bond motifs is 1. The van der Waals surface area contributed by atoms with E-state index in [9.17, 15) is 40.1 Å². The van der Waals surface area contributed by atoms with E-state index in [4.69, 9.17) is 16.0 Å². The number of oxazole rings is 1. The first-order valence-electron chi connectivity index (χ1n) is 11.5. The van der Waals surface area contributed by atoms with E-state index < -0.39 is 47.4 Å². The van der Waals surface area contributed by atoms with Gasteiger partial charge in [0.2, 0.25) is 5.89 Å². The average Bonchev–Trinajstić information content (AvgIpc) is 3.55. The Kier molecular flexibility index (Phi) is 6.95. The van der Waals surface area contributed by atoms with Gasteiger partial charge in [0.25, 0.3) is 9.84 Å². The first kappa shape index (κ1) is 29.0. The zero-order valence-electron chi connectivity index (χ0n) is 20.9. The molecule has 0 saturated carbocycles. The van der Waals surface area contributed by atoms with Gasteiger partial charge in [0.1, 0.15) is 23.6 Å². The minimum Gasteiger partial charge on any atom is -0.435 e. The molecule has 0 aliphatic carbocycles. The van der Waals surface area contributed by atoms with Crippen LogP contribution in [0.5, 0.6) is 0 Å². The van der Waals surface area contributed by atoms with Crippen molar-refractivity contribution >= 4 is 42.4 Å². The van der Waals surface area contributed by atoms with Gasteiger partial charge in [-0.05, 0) is 48.5 Å². The Hall–Kier alpha value is -4.53. The van der Waals surface area contributed by atoms with Crippen LogP contribution in [0.2, 0.25) is 5.02 Å². The second kappa shape index (κ2) is 10.1. The third-order valence-electron chi connectivity index (χ3n) is 5.97. The number of sulfone groups is 2. The molecule has 12 nitrogen and oxygen atoms in total. The molecule has 42 heavy (non-hydrogen) atoms. The minimum atomic E-state index is -5.70. The maximum absolute atomic E-state index is 13.2. The van der Waals surface area contributed by atoms with Gasteiger partial charge < -0.3 is 4.42 Å². The van der Waals surface area contributed by atoms with E-state index in [-0.39, 0.29) is 43.8 Å². The Morgan fingerprint density at radius 2 is 1.79 bits per heavy atom. The van der Waals surface area contributed by atoms with Crippen molar-refractivity contribution in [2.75, 3.05) is 5.75 Å². The van der Waals surface area contributed by atoms with Crippen LogP contribution >= 0.6 is 11.6 Å². The molecule has 3 aromatic heterocycles. The fourth-order valence-corrected chi connectivity index (χ4v) is 5.77. The van der Waals surface area contributed by atoms with Gasteiger partial charge in [-0.2, -0.15) is 28.2 Å². The molecular weight excluding hydrogens is 625 g/mol. The maximum Gasteiger partial charge on any atom is 0.501 e. The van der Waals surface area contributed by atoms with Crippen LogP contribution in [0.1, 0.15) is 12.5 Å². The molecule has 18 heteroatoms. The van der Waals surface area contributed by atoms with E-state index in [0.717, 1.165) is 27.7 Å². The Labute approximate surface area is 239 Å². The van der Waals surface area contributed by atoms with Crippen LogP contribution in [0.25, 0.3) is 34.2 Å². The van der Waals surface area contributed by atoms with Crippen LogP contribution in [0, 0.1) is 11.3 Å². The molecule has 0 aliphatic rings. The Morgan fingerprint density at radius 1 is 1.05 bits per heavy atom. The molecular formula is C24H14ClF3N6O6S2. The summed E-state index contributed by atoms with van der Waals surface area (Å²) in [4.78, 5) is 20.0. The predicted octanol–water partition coefficient (Wildman–Crippen LogP) is 3.84. The van der Waals surface area contributed by atoms with Crippen LogP contribution in [-0.2, 0) is 19.7 Å². The van der Waals surface area contributed by atoms with E-state index in [1.165, 1.54) is 31.2 Å². The number of pyridine rings is 1. The normalized spacial score (nSPS) is 12.5. The molecule has 0 amide bonds. The lowest BCUT2D eigenvalue weighted by Crippen LogP contribution is -2.23. The minimum absolute atomic E-state index is 0.102. The molecule has 0 N–H and O–H groups in total. The van der Waals surface area contributed by atoms with Crippen molar-refractivity contribution < 1.29 is 34.4 Å². The molecule has 0 saturated heterocycles. The van der Waals surface area contributed by atoms with E-state index in [1.54, 1.807) is 0 Å². The molecule has 0 spiro atoms. The zero-order chi connectivity index (χ0) is 30.6. The molecule has 0 radical (unpaired) electrons. The summed E-state index contributed by atoms with van der Waals surface area (Å²) in [5.74, 6) is -1.02. The van der Waals surface area contributed by atoms with E-state index >= 15 is 0 Å². The Balaban J connectivity index is 1.67. The van der Waals surface area contributed by atoms with Gasteiger partial charge in [0.05, 0.1) is 31.8 Å². The monoisotopic (exact) mass is 638 g/mol. The van der Waals surface area contributed by atoms with Crippen LogP contribution in [0.3, 0.4) is 0 Å². The molecule has 0 atom stereocenters. The summed E-state index contributed by atoms with van der Waals surface area (Å²) >= 11 is 5.96. The zero-order valence-corrected chi connectivity index (χ0v) is 23.3. The molecule has 3 heterocycles. The molecule has 2 aromatic carbocycles. The number of nitrogens with zero attached hydrogens (tertiary/aromatic N) is 6. The van der Waals surface area contributed by atoms with Gasteiger partial charge in [-0.15, -0.1) is 0 Å². The number of rotatable bonds is 6. The smallest absolute Gasteiger partial charge is 0.435 e. The van der Waals surface area contributed by atoms with Crippen LogP contribution in [0.4, 0.5) is 13.2 Å². The van der Waals surface area contributed by atoms with Crippen molar-refractivity contribution in [2.45, 2.75) is 22.2 Å². The van der Waals surface area contributed by atoms with Crippen molar-refractivity contribution in [3.63, 3.8) is 0 Å². The fourth-order valence-electron chi connectivity index (χ4n) is 3.81. The van der Waals surface area contributed by atoms with Gasteiger partial charge in [0.15, 0.2) is 21.2 Å². The molecule has 0 unspecified atom stereocenters. The number of benzene rings is 2. The molecule has 5 rings (SSSR count). The second-order valence-corrected chi connectivity index (χ2v) is 13.1. The van der Waals surface area contributed by atoms with Crippen LogP contribution < -0.4 is 5.69 Å². The van der Waals surface area contributed by atoms with Crippen molar-refractivity contribution in [3.8, 4) is 29.2 Å². The average molecular weight is 639 g/mol. The third-order valence-corrected chi connectivity index (χ3v) is 9.54. The van der Waals surface area contributed by atoms with Crippen molar-refractivity contribution in [2.24, 2.45) is 0 Å². The quantitative estimate of drug-likeness (QED) is 0.266. The number of halogens is 4. The van der Waals surface area contributed by atoms with Gasteiger partial charge in [0, 0.05) is 0 Å². The summed E-state index contributed by atoms with van der Waals surface area (Å²) in [6, 6.07) is 10.7. The summed E-state index contributed by atoms with van der Waals surface area (Å²) in [6.45, 7) is 1.36. The topological polar surface area (TPSA) is 171 Å².